The summed E-state index contributed by atoms with van der Waals surface area (Å²) in [5.41, 5.74) is 1.47. The van der Waals surface area contributed by atoms with Gasteiger partial charge in [0.05, 0.1) is 13.2 Å². The molecule has 1 aromatic rings. The molecule has 0 saturated heterocycles. The Labute approximate surface area is 88.1 Å². The Kier molecular flexibility index (Phi) is 4.48. The number of hydrogen-bond donors (Lipinski definition) is 2. The number of aliphatic hydroxyl groups is 2. The minimum Gasteiger partial charge on any atom is -0.395 e. The van der Waals surface area contributed by atoms with E-state index >= 15 is 0 Å². The number of benzene rings is 1. The summed E-state index contributed by atoms with van der Waals surface area (Å²) in [6, 6.07) is 5.23. The molecule has 0 aliphatic heterocycles. The SMILES string of the molecule is OCCC#Cc1ccc(Cl)c(CO)c1. The molecule has 0 spiro atoms. The Morgan fingerprint density at radius 1 is 1.29 bits per heavy atom. The topological polar surface area (TPSA) is 40.5 Å². The lowest BCUT2D eigenvalue weighted by molar-refractivity contribution is 0.282. The summed E-state index contributed by atoms with van der Waals surface area (Å²) in [4.78, 5) is 0. The lowest BCUT2D eigenvalue weighted by Gasteiger charge is -1.99. The van der Waals surface area contributed by atoms with Crippen LogP contribution in [0, 0.1) is 11.8 Å². The fourth-order valence-corrected chi connectivity index (χ4v) is 1.17. The molecule has 0 radical (unpaired) electrons. The summed E-state index contributed by atoms with van der Waals surface area (Å²) in [5.74, 6) is 5.67. The Balaban J connectivity index is 2.86. The van der Waals surface area contributed by atoms with Crippen molar-refractivity contribution >= 4 is 11.6 Å². The fraction of sp³-hybridized carbons (Fsp3) is 0.273. The van der Waals surface area contributed by atoms with E-state index in [0.717, 1.165) is 5.56 Å². The first-order chi connectivity index (χ1) is 6.77. The predicted octanol–water partition coefficient (Wildman–Crippen LogP) is 1.57. The number of halogens is 1. The standard InChI is InChI=1S/C11H11ClO2/c12-11-5-4-9(3-1-2-6-13)7-10(11)8-14/h4-5,7,13-14H,2,6,8H2. The molecule has 1 rings (SSSR count). The quantitative estimate of drug-likeness (QED) is 0.728. The summed E-state index contributed by atoms with van der Waals surface area (Å²) >= 11 is 5.81. The first-order valence-electron chi connectivity index (χ1n) is 4.27. The third kappa shape index (κ3) is 3.04. The summed E-state index contributed by atoms with van der Waals surface area (Å²) in [6.45, 7) is -0.0260. The monoisotopic (exact) mass is 210 g/mol. The smallest absolute Gasteiger partial charge is 0.0696 e. The summed E-state index contributed by atoms with van der Waals surface area (Å²) < 4.78 is 0. The van der Waals surface area contributed by atoms with E-state index < -0.39 is 0 Å². The van der Waals surface area contributed by atoms with E-state index in [1.54, 1.807) is 18.2 Å². The van der Waals surface area contributed by atoms with Crippen LogP contribution in [0.2, 0.25) is 5.02 Å². The van der Waals surface area contributed by atoms with Gasteiger partial charge in [-0.1, -0.05) is 23.4 Å². The first kappa shape index (κ1) is 11.1. The summed E-state index contributed by atoms with van der Waals surface area (Å²) in [7, 11) is 0. The summed E-state index contributed by atoms with van der Waals surface area (Å²) in [5, 5.41) is 18.0. The highest BCUT2D eigenvalue weighted by Gasteiger charge is 1.98. The highest BCUT2D eigenvalue weighted by molar-refractivity contribution is 6.31. The third-order valence-electron chi connectivity index (χ3n) is 1.69. The zero-order valence-electron chi connectivity index (χ0n) is 7.63. The van der Waals surface area contributed by atoms with Crippen molar-refractivity contribution in [2.75, 3.05) is 6.61 Å². The highest BCUT2D eigenvalue weighted by atomic mass is 35.5. The van der Waals surface area contributed by atoms with Gasteiger partial charge in [-0.15, -0.1) is 0 Å². The molecule has 1 aromatic carbocycles. The molecule has 0 heterocycles. The Hall–Kier alpha value is -1.01. The lowest BCUT2D eigenvalue weighted by atomic mass is 10.1. The van der Waals surface area contributed by atoms with Crippen molar-refractivity contribution < 1.29 is 10.2 Å². The zero-order chi connectivity index (χ0) is 10.4. The fourth-order valence-electron chi connectivity index (χ4n) is 0.994. The minimum absolute atomic E-state index is 0.0629. The number of rotatable bonds is 2. The maximum Gasteiger partial charge on any atom is 0.0696 e. The van der Waals surface area contributed by atoms with Gasteiger partial charge in [0.15, 0.2) is 0 Å². The molecular weight excluding hydrogens is 200 g/mol. The van der Waals surface area contributed by atoms with Crippen molar-refractivity contribution in [2.45, 2.75) is 13.0 Å². The van der Waals surface area contributed by atoms with E-state index in [4.69, 9.17) is 21.8 Å². The van der Waals surface area contributed by atoms with Gasteiger partial charge in [0.1, 0.15) is 0 Å². The largest absolute Gasteiger partial charge is 0.395 e. The lowest BCUT2D eigenvalue weighted by Crippen LogP contribution is -1.86. The maximum absolute atomic E-state index is 8.94. The van der Waals surface area contributed by atoms with E-state index in [0.29, 0.717) is 17.0 Å². The second-order valence-corrected chi connectivity index (χ2v) is 3.15. The van der Waals surface area contributed by atoms with Gasteiger partial charge in [0.25, 0.3) is 0 Å². The minimum atomic E-state index is -0.0889. The van der Waals surface area contributed by atoms with Gasteiger partial charge in [-0.2, -0.15) is 0 Å². The van der Waals surface area contributed by atoms with Gasteiger partial charge < -0.3 is 10.2 Å². The van der Waals surface area contributed by atoms with Gasteiger partial charge >= 0.3 is 0 Å². The molecule has 0 amide bonds. The Bertz CT molecular complexity index is 363. The van der Waals surface area contributed by atoms with Crippen molar-refractivity contribution in [3.05, 3.63) is 34.3 Å². The van der Waals surface area contributed by atoms with Crippen LogP contribution >= 0.6 is 11.6 Å². The van der Waals surface area contributed by atoms with Gasteiger partial charge in [0.2, 0.25) is 0 Å². The van der Waals surface area contributed by atoms with E-state index in [9.17, 15) is 0 Å². The zero-order valence-corrected chi connectivity index (χ0v) is 8.38. The van der Waals surface area contributed by atoms with Crippen LogP contribution in [-0.2, 0) is 6.61 Å². The van der Waals surface area contributed by atoms with Gasteiger partial charge in [-0.25, -0.2) is 0 Å². The van der Waals surface area contributed by atoms with Gasteiger partial charge in [-0.05, 0) is 23.8 Å². The molecule has 0 unspecified atom stereocenters. The van der Waals surface area contributed by atoms with Crippen LogP contribution in [0.25, 0.3) is 0 Å². The average Bonchev–Trinajstić information content (AvgIpc) is 2.21. The second-order valence-electron chi connectivity index (χ2n) is 2.74. The predicted molar refractivity (Wildman–Crippen MR) is 56.0 cm³/mol. The molecule has 2 nitrogen and oxygen atoms in total. The van der Waals surface area contributed by atoms with Gasteiger partial charge in [0, 0.05) is 17.0 Å². The van der Waals surface area contributed by atoms with E-state index in [1.807, 2.05) is 0 Å². The molecule has 0 bridgehead atoms. The molecule has 0 atom stereocenters. The number of hydrogen-bond acceptors (Lipinski definition) is 2. The van der Waals surface area contributed by atoms with E-state index in [-0.39, 0.29) is 13.2 Å². The van der Waals surface area contributed by atoms with Crippen LogP contribution in [0.1, 0.15) is 17.5 Å². The second kappa shape index (κ2) is 5.66. The molecule has 0 aliphatic rings. The molecule has 0 aromatic heterocycles. The van der Waals surface area contributed by atoms with Crippen LogP contribution in [0.15, 0.2) is 18.2 Å². The Morgan fingerprint density at radius 2 is 2.07 bits per heavy atom. The van der Waals surface area contributed by atoms with Crippen molar-refractivity contribution in [2.24, 2.45) is 0 Å². The van der Waals surface area contributed by atoms with Gasteiger partial charge in [-0.3, -0.25) is 0 Å². The maximum atomic E-state index is 8.94. The number of aliphatic hydroxyl groups excluding tert-OH is 2. The van der Waals surface area contributed by atoms with Crippen LogP contribution in [0.4, 0.5) is 0 Å². The summed E-state index contributed by atoms with van der Waals surface area (Å²) in [6.07, 6.45) is 0.455. The van der Waals surface area contributed by atoms with E-state index in [2.05, 4.69) is 11.8 Å². The first-order valence-corrected chi connectivity index (χ1v) is 4.64. The molecule has 14 heavy (non-hydrogen) atoms. The van der Waals surface area contributed by atoms with Crippen LogP contribution in [-0.4, -0.2) is 16.8 Å². The van der Waals surface area contributed by atoms with Crippen molar-refractivity contribution in [3.63, 3.8) is 0 Å². The third-order valence-corrected chi connectivity index (χ3v) is 2.05. The van der Waals surface area contributed by atoms with E-state index in [1.165, 1.54) is 0 Å². The van der Waals surface area contributed by atoms with Crippen molar-refractivity contribution in [1.29, 1.82) is 0 Å². The molecule has 2 N–H and O–H groups in total. The average molecular weight is 211 g/mol. The molecule has 74 valence electrons. The molecule has 0 aliphatic carbocycles. The van der Waals surface area contributed by atoms with Crippen LogP contribution < -0.4 is 0 Å². The van der Waals surface area contributed by atoms with Crippen molar-refractivity contribution in [1.82, 2.24) is 0 Å². The molecule has 0 fully saturated rings. The van der Waals surface area contributed by atoms with Crippen molar-refractivity contribution in [3.8, 4) is 11.8 Å². The normalized spacial score (nSPS) is 9.36. The Morgan fingerprint density at radius 3 is 2.71 bits per heavy atom. The molecular formula is C11H11ClO2. The molecule has 0 saturated carbocycles. The van der Waals surface area contributed by atoms with Crippen LogP contribution in [0.3, 0.4) is 0 Å². The highest BCUT2D eigenvalue weighted by Crippen LogP contribution is 2.16. The molecule has 3 heteroatoms. The van der Waals surface area contributed by atoms with Crippen LogP contribution in [0.5, 0.6) is 0 Å².